The number of nitrogens with zero attached hydrogens (tertiary/aromatic N) is 1. The lowest BCUT2D eigenvalue weighted by Gasteiger charge is -2.13. The van der Waals surface area contributed by atoms with Gasteiger partial charge in [0.25, 0.3) is 17.7 Å². The van der Waals surface area contributed by atoms with E-state index in [0.29, 0.717) is 34.7 Å². The van der Waals surface area contributed by atoms with Crippen molar-refractivity contribution in [2.45, 2.75) is 38.5 Å². The summed E-state index contributed by atoms with van der Waals surface area (Å²) in [5, 5.41) is 6.52. The van der Waals surface area contributed by atoms with Gasteiger partial charge in [0.1, 0.15) is 5.00 Å². The van der Waals surface area contributed by atoms with Gasteiger partial charge in [0, 0.05) is 24.4 Å². The second-order valence-corrected chi connectivity index (χ2v) is 10.1. The molecule has 0 saturated heterocycles. The minimum absolute atomic E-state index is 0.144. The first-order valence-corrected chi connectivity index (χ1v) is 13.1. The molecule has 1 aromatic heterocycles. The van der Waals surface area contributed by atoms with E-state index < -0.39 is 0 Å². The Bertz CT molecular complexity index is 1300. The monoisotopic (exact) mass is 501 g/mol. The van der Waals surface area contributed by atoms with Gasteiger partial charge in [-0.2, -0.15) is 0 Å². The molecule has 4 amide bonds. The van der Waals surface area contributed by atoms with Crippen LogP contribution in [0.2, 0.25) is 0 Å². The van der Waals surface area contributed by atoms with Crippen LogP contribution in [0.5, 0.6) is 0 Å². The fourth-order valence-corrected chi connectivity index (χ4v) is 6.12. The summed E-state index contributed by atoms with van der Waals surface area (Å²) in [5.41, 5.74) is 3.58. The van der Waals surface area contributed by atoms with Gasteiger partial charge in [-0.05, 0) is 55.4 Å². The fraction of sp³-hybridized carbons (Fsp3) is 0.286. The topological polar surface area (TPSA) is 95.6 Å². The van der Waals surface area contributed by atoms with Crippen molar-refractivity contribution in [1.29, 1.82) is 0 Å². The van der Waals surface area contributed by atoms with E-state index in [0.717, 1.165) is 41.7 Å². The zero-order valence-electron chi connectivity index (χ0n) is 19.8. The molecule has 0 spiro atoms. The Morgan fingerprint density at radius 1 is 0.917 bits per heavy atom. The van der Waals surface area contributed by atoms with Gasteiger partial charge in [-0.1, -0.05) is 42.5 Å². The van der Waals surface area contributed by atoms with Gasteiger partial charge < -0.3 is 10.6 Å². The molecule has 2 N–H and O–H groups in total. The maximum absolute atomic E-state index is 13.1. The zero-order chi connectivity index (χ0) is 25.1. The van der Waals surface area contributed by atoms with Crippen LogP contribution in [0.3, 0.4) is 0 Å². The molecule has 5 rings (SSSR count). The normalized spacial score (nSPS) is 14.1. The van der Waals surface area contributed by atoms with Crippen LogP contribution in [0, 0.1) is 0 Å². The van der Waals surface area contributed by atoms with Gasteiger partial charge >= 0.3 is 0 Å². The molecule has 0 unspecified atom stereocenters. The number of hydrogen-bond acceptors (Lipinski definition) is 5. The van der Waals surface area contributed by atoms with E-state index in [1.54, 1.807) is 24.3 Å². The number of imide groups is 1. The third-order valence-electron chi connectivity index (χ3n) is 6.61. The van der Waals surface area contributed by atoms with Gasteiger partial charge in [0.05, 0.1) is 16.7 Å². The number of benzene rings is 2. The van der Waals surface area contributed by atoms with Crippen molar-refractivity contribution in [1.82, 2.24) is 10.2 Å². The highest BCUT2D eigenvalue weighted by molar-refractivity contribution is 7.17. The van der Waals surface area contributed by atoms with Crippen LogP contribution >= 0.6 is 11.3 Å². The molecule has 1 aliphatic heterocycles. The van der Waals surface area contributed by atoms with Crippen molar-refractivity contribution in [2.24, 2.45) is 0 Å². The molecule has 0 fully saturated rings. The van der Waals surface area contributed by atoms with Gasteiger partial charge in [-0.15, -0.1) is 11.3 Å². The lowest BCUT2D eigenvalue weighted by Crippen LogP contribution is -2.31. The Labute approximate surface area is 213 Å². The van der Waals surface area contributed by atoms with E-state index in [1.165, 1.54) is 16.2 Å². The first-order valence-electron chi connectivity index (χ1n) is 12.2. The molecule has 7 nitrogen and oxygen atoms in total. The number of aryl methyl sites for hydroxylation is 1. The highest BCUT2D eigenvalue weighted by Gasteiger charge is 2.34. The maximum Gasteiger partial charge on any atom is 0.261 e. The molecule has 2 heterocycles. The molecule has 8 heteroatoms. The summed E-state index contributed by atoms with van der Waals surface area (Å²) in [6, 6.07) is 16.7. The van der Waals surface area contributed by atoms with Gasteiger partial charge in [-0.25, -0.2) is 0 Å². The molecule has 0 radical (unpaired) electrons. The lowest BCUT2D eigenvalue weighted by molar-refractivity contribution is -0.116. The van der Waals surface area contributed by atoms with E-state index in [-0.39, 0.29) is 36.6 Å². The smallest absolute Gasteiger partial charge is 0.261 e. The first kappa shape index (κ1) is 23.9. The number of rotatable bonds is 9. The standard InChI is InChI=1S/C28H27N3O4S/c32-23(14-7-17-31-27(34)19-10-4-5-11-20(19)28(31)35)30-26-24(21-12-6-13-22(21)36-26)25(33)29-16-15-18-8-2-1-3-9-18/h1-5,8-11H,6-7,12-17H2,(H,29,33)(H,30,32). The van der Waals surface area contributed by atoms with Crippen LogP contribution in [0.4, 0.5) is 5.00 Å². The number of fused-ring (bicyclic) bond motifs is 2. The quantitative estimate of drug-likeness (QED) is 0.429. The Hall–Kier alpha value is -3.78. The van der Waals surface area contributed by atoms with Crippen molar-refractivity contribution in [2.75, 3.05) is 18.4 Å². The van der Waals surface area contributed by atoms with Crippen LogP contribution in [0.1, 0.15) is 66.3 Å². The molecule has 0 bridgehead atoms. The van der Waals surface area contributed by atoms with Crippen molar-refractivity contribution >= 4 is 40.0 Å². The summed E-state index contributed by atoms with van der Waals surface area (Å²) in [6.45, 7) is 0.689. The predicted molar refractivity (Wildman–Crippen MR) is 138 cm³/mol. The van der Waals surface area contributed by atoms with E-state index in [2.05, 4.69) is 10.6 Å². The Kier molecular flexibility index (Phi) is 6.95. The highest BCUT2D eigenvalue weighted by atomic mass is 32.1. The molecule has 2 aliphatic rings. The Morgan fingerprint density at radius 2 is 1.61 bits per heavy atom. The number of thiophene rings is 1. The number of carbonyl (C=O) groups is 4. The molecule has 3 aromatic rings. The molecule has 0 atom stereocenters. The zero-order valence-corrected chi connectivity index (χ0v) is 20.7. The number of amides is 4. The summed E-state index contributed by atoms with van der Waals surface area (Å²) in [5.74, 6) is -1.03. The largest absolute Gasteiger partial charge is 0.352 e. The molecule has 0 saturated carbocycles. The van der Waals surface area contributed by atoms with Crippen LogP contribution in [0.15, 0.2) is 54.6 Å². The van der Waals surface area contributed by atoms with Crippen LogP contribution in [-0.4, -0.2) is 41.6 Å². The number of hydrogen-bond donors (Lipinski definition) is 2. The number of anilines is 1. The van der Waals surface area contributed by atoms with Crippen molar-refractivity contribution < 1.29 is 19.2 Å². The molecular formula is C28H27N3O4S. The molecule has 36 heavy (non-hydrogen) atoms. The van der Waals surface area contributed by atoms with E-state index in [9.17, 15) is 19.2 Å². The predicted octanol–water partition coefficient (Wildman–Crippen LogP) is 4.22. The molecule has 2 aromatic carbocycles. The summed E-state index contributed by atoms with van der Waals surface area (Å²) >= 11 is 1.47. The number of nitrogens with one attached hydrogen (secondary N) is 2. The summed E-state index contributed by atoms with van der Waals surface area (Å²) in [6.07, 6.45) is 3.99. The first-order chi connectivity index (χ1) is 17.5. The van der Waals surface area contributed by atoms with E-state index in [1.807, 2.05) is 30.3 Å². The number of carbonyl (C=O) groups excluding carboxylic acids is 4. The second kappa shape index (κ2) is 10.5. The Morgan fingerprint density at radius 3 is 2.33 bits per heavy atom. The third-order valence-corrected chi connectivity index (χ3v) is 7.81. The maximum atomic E-state index is 13.1. The lowest BCUT2D eigenvalue weighted by atomic mass is 10.1. The average Bonchev–Trinajstić information content (AvgIpc) is 3.53. The van der Waals surface area contributed by atoms with Crippen LogP contribution in [-0.2, 0) is 24.1 Å². The van der Waals surface area contributed by atoms with Gasteiger partial charge in [0.2, 0.25) is 5.91 Å². The van der Waals surface area contributed by atoms with Crippen molar-refractivity contribution in [3.63, 3.8) is 0 Å². The van der Waals surface area contributed by atoms with Crippen molar-refractivity contribution in [3.8, 4) is 0 Å². The molecule has 184 valence electrons. The summed E-state index contributed by atoms with van der Waals surface area (Å²) in [7, 11) is 0. The summed E-state index contributed by atoms with van der Waals surface area (Å²) < 4.78 is 0. The van der Waals surface area contributed by atoms with Crippen LogP contribution < -0.4 is 10.6 Å². The Balaban J connectivity index is 1.18. The minimum atomic E-state index is -0.319. The van der Waals surface area contributed by atoms with Crippen molar-refractivity contribution in [3.05, 3.63) is 87.3 Å². The molecular weight excluding hydrogens is 474 g/mol. The SMILES string of the molecule is O=C(CCCN1C(=O)c2ccccc2C1=O)Nc1sc2c(c1C(=O)NCCc1ccccc1)CCC2. The third kappa shape index (κ3) is 4.81. The van der Waals surface area contributed by atoms with Gasteiger partial charge in [0.15, 0.2) is 0 Å². The van der Waals surface area contributed by atoms with Gasteiger partial charge in [-0.3, -0.25) is 24.1 Å². The van der Waals surface area contributed by atoms with E-state index in [4.69, 9.17) is 0 Å². The summed E-state index contributed by atoms with van der Waals surface area (Å²) in [4.78, 5) is 53.2. The van der Waals surface area contributed by atoms with Crippen LogP contribution in [0.25, 0.3) is 0 Å². The van der Waals surface area contributed by atoms with E-state index >= 15 is 0 Å². The second-order valence-electron chi connectivity index (χ2n) is 9.01. The highest BCUT2D eigenvalue weighted by Crippen LogP contribution is 2.39. The fourth-order valence-electron chi connectivity index (χ4n) is 4.82. The minimum Gasteiger partial charge on any atom is -0.352 e. The molecule has 1 aliphatic carbocycles. The average molecular weight is 502 g/mol.